The number of nitrogens with one attached hydrogen (secondary N) is 1. The maximum Gasteiger partial charge on any atom is 0.213 e. The summed E-state index contributed by atoms with van der Waals surface area (Å²) < 4.78 is 26.4. The summed E-state index contributed by atoms with van der Waals surface area (Å²) in [6, 6.07) is 9.31. The molecule has 1 aliphatic rings. The van der Waals surface area contributed by atoms with Crippen molar-refractivity contribution < 1.29 is 13.9 Å². The average molecular weight is 515 g/mol. The molecule has 1 N–H and O–H groups in total. The molecule has 3 aromatic rings. The standard InChI is InChI=1S/C31H35FN4O2/c1-5-8-10-27(23-11-12-33-31(19-23)38-7-3)35-29-20-25(22(4)17-26(29)32)24-18-30(28(9-6-2)34-21-24)36-13-15-37-16-14-36/h10-12,17-21,35H,5,7-8,13-16H2,1-4H3/b27-10-. The van der Waals surface area contributed by atoms with E-state index in [1.54, 1.807) is 12.3 Å². The number of anilines is 2. The van der Waals surface area contributed by atoms with Gasteiger partial charge in [-0.15, -0.1) is 0 Å². The van der Waals surface area contributed by atoms with Crippen molar-refractivity contribution in [3.8, 4) is 28.8 Å². The monoisotopic (exact) mass is 514 g/mol. The maximum absolute atomic E-state index is 15.3. The first kappa shape index (κ1) is 27.2. The van der Waals surface area contributed by atoms with Crippen molar-refractivity contribution in [2.75, 3.05) is 43.1 Å². The quantitative estimate of drug-likeness (QED) is 0.331. The van der Waals surface area contributed by atoms with E-state index in [1.165, 1.54) is 0 Å². The average Bonchev–Trinajstić information content (AvgIpc) is 2.93. The van der Waals surface area contributed by atoms with E-state index >= 15 is 4.39 Å². The third kappa shape index (κ3) is 6.51. The van der Waals surface area contributed by atoms with Gasteiger partial charge in [-0.05, 0) is 68.5 Å². The molecule has 0 unspecified atom stereocenters. The number of allylic oxidation sites excluding steroid dienone is 1. The molecular formula is C31H35FN4O2. The van der Waals surface area contributed by atoms with Crippen LogP contribution < -0.4 is 15.0 Å². The summed E-state index contributed by atoms with van der Waals surface area (Å²) in [7, 11) is 0. The van der Waals surface area contributed by atoms with Crippen LogP contribution in [0.5, 0.6) is 5.88 Å². The number of halogens is 1. The highest BCUT2D eigenvalue weighted by atomic mass is 19.1. The van der Waals surface area contributed by atoms with Crippen LogP contribution in [0.15, 0.2) is 48.8 Å². The molecule has 0 saturated carbocycles. The number of ether oxygens (including phenoxy) is 2. The Hall–Kier alpha value is -3.89. The summed E-state index contributed by atoms with van der Waals surface area (Å²) in [5, 5.41) is 3.35. The Morgan fingerprint density at radius 3 is 2.74 bits per heavy atom. The Labute approximate surface area is 224 Å². The molecule has 0 atom stereocenters. The van der Waals surface area contributed by atoms with Gasteiger partial charge >= 0.3 is 0 Å². The first-order valence-corrected chi connectivity index (χ1v) is 13.2. The Morgan fingerprint density at radius 2 is 2.00 bits per heavy atom. The molecule has 1 saturated heterocycles. The summed E-state index contributed by atoms with van der Waals surface area (Å²) in [4.78, 5) is 11.2. The molecule has 7 heteroatoms. The Balaban J connectivity index is 1.73. The predicted molar refractivity (Wildman–Crippen MR) is 152 cm³/mol. The van der Waals surface area contributed by atoms with Crippen molar-refractivity contribution in [2.45, 2.75) is 40.5 Å². The third-order valence-corrected chi connectivity index (χ3v) is 6.33. The van der Waals surface area contributed by atoms with Gasteiger partial charge in [0.2, 0.25) is 5.88 Å². The van der Waals surface area contributed by atoms with Crippen molar-refractivity contribution in [1.29, 1.82) is 0 Å². The first-order valence-electron chi connectivity index (χ1n) is 13.2. The van der Waals surface area contributed by atoms with E-state index in [9.17, 15) is 0 Å². The molecular weight excluding hydrogens is 479 g/mol. The molecule has 1 aliphatic heterocycles. The summed E-state index contributed by atoms with van der Waals surface area (Å²) in [6.45, 7) is 11.2. The van der Waals surface area contributed by atoms with Crippen LogP contribution in [0.25, 0.3) is 16.8 Å². The summed E-state index contributed by atoms with van der Waals surface area (Å²) in [5.41, 5.74) is 6.46. The Morgan fingerprint density at radius 1 is 1.18 bits per heavy atom. The molecule has 0 bridgehead atoms. The summed E-state index contributed by atoms with van der Waals surface area (Å²) >= 11 is 0. The van der Waals surface area contributed by atoms with Crippen LogP contribution in [0.1, 0.15) is 50.4 Å². The SMILES string of the molecule is CC#Cc1ncc(-c2cc(N/C(=C\CCC)c3ccnc(OCC)c3)c(F)cc2C)cc1N1CCOCC1. The van der Waals surface area contributed by atoms with E-state index < -0.39 is 0 Å². The number of rotatable bonds is 9. The van der Waals surface area contributed by atoms with Gasteiger partial charge in [-0.1, -0.05) is 25.3 Å². The molecule has 0 spiro atoms. The van der Waals surface area contributed by atoms with Gasteiger partial charge in [-0.3, -0.25) is 0 Å². The molecule has 0 radical (unpaired) electrons. The number of morpholine rings is 1. The lowest BCUT2D eigenvalue weighted by atomic mass is 9.99. The highest BCUT2D eigenvalue weighted by Crippen LogP contribution is 2.33. The van der Waals surface area contributed by atoms with Crippen LogP contribution in [0.4, 0.5) is 15.8 Å². The molecule has 2 aromatic heterocycles. The van der Waals surface area contributed by atoms with Crippen molar-refractivity contribution >= 4 is 17.1 Å². The van der Waals surface area contributed by atoms with Gasteiger partial charge in [-0.2, -0.15) is 0 Å². The Bertz CT molecular complexity index is 1350. The summed E-state index contributed by atoms with van der Waals surface area (Å²) in [6.07, 6.45) is 7.43. The van der Waals surface area contributed by atoms with Gasteiger partial charge in [0.15, 0.2) is 0 Å². The van der Waals surface area contributed by atoms with Crippen molar-refractivity contribution in [3.05, 3.63) is 71.4 Å². The number of hydrogen-bond donors (Lipinski definition) is 1. The van der Waals surface area contributed by atoms with Crippen LogP contribution in [0.2, 0.25) is 0 Å². The van der Waals surface area contributed by atoms with E-state index in [0.717, 1.165) is 65.3 Å². The zero-order valence-electron chi connectivity index (χ0n) is 22.6. The van der Waals surface area contributed by atoms with Gasteiger partial charge in [0.1, 0.15) is 11.5 Å². The number of pyridine rings is 2. The van der Waals surface area contributed by atoms with E-state index in [1.807, 2.05) is 45.2 Å². The lowest BCUT2D eigenvalue weighted by Crippen LogP contribution is -2.36. The lowest BCUT2D eigenvalue weighted by molar-refractivity contribution is 0.122. The highest BCUT2D eigenvalue weighted by Gasteiger charge is 2.18. The molecule has 1 fully saturated rings. The maximum atomic E-state index is 15.3. The van der Waals surface area contributed by atoms with Crippen molar-refractivity contribution in [3.63, 3.8) is 0 Å². The van der Waals surface area contributed by atoms with Gasteiger partial charge in [0, 0.05) is 48.4 Å². The van der Waals surface area contributed by atoms with Crippen molar-refractivity contribution in [1.82, 2.24) is 9.97 Å². The number of benzene rings is 1. The largest absolute Gasteiger partial charge is 0.478 e. The molecule has 4 rings (SSSR count). The van der Waals surface area contributed by atoms with Crippen LogP contribution in [-0.2, 0) is 4.74 Å². The van der Waals surface area contributed by atoms with Gasteiger partial charge in [-0.25, -0.2) is 14.4 Å². The minimum absolute atomic E-state index is 0.317. The summed E-state index contributed by atoms with van der Waals surface area (Å²) in [5.74, 6) is 6.31. The molecule has 0 aliphatic carbocycles. The van der Waals surface area contributed by atoms with Gasteiger partial charge < -0.3 is 19.7 Å². The van der Waals surface area contributed by atoms with Gasteiger partial charge in [0.05, 0.1) is 31.2 Å². The van der Waals surface area contributed by atoms with E-state index in [2.05, 4.69) is 51.1 Å². The van der Waals surface area contributed by atoms with E-state index in [0.29, 0.717) is 31.4 Å². The van der Waals surface area contributed by atoms with Crippen molar-refractivity contribution in [2.24, 2.45) is 0 Å². The van der Waals surface area contributed by atoms with Crippen LogP contribution in [0, 0.1) is 24.6 Å². The molecule has 198 valence electrons. The molecule has 0 amide bonds. The number of nitrogens with zero attached hydrogens (tertiary/aromatic N) is 3. The smallest absolute Gasteiger partial charge is 0.213 e. The fourth-order valence-corrected chi connectivity index (χ4v) is 4.42. The first-order chi connectivity index (χ1) is 18.5. The number of hydrogen-bond acceptors (Lipinski definition) is 6. The fraction of sp³-hybridized carbons (Fsp3) is 0.355. The number of aryl methyl sites for hydroxylation is 1. The zero-order chi connectivity index (χ0) is 26.9. The highest BCUT2D eigenvalue weighted by molar-refractivity contribution is 5.81. The third-order valence-electron chi connectivity index (χ3n) is 6.33. The van der Waals surface area contributed by atoms with Crippen LogP contribution in [0.3, 0.4) is 0 Å². The fourth-order valence-electron chi connectivity index (χ4n) is 4.42. The lowest BCUT2D eigenvalue weighted by Gasteiger charge is -2.29. The minimum atomic E-state index is -0.317. The second-order valence-electron chi connectivity index (χ2n) is 9.06. The molecule has 1 aromatic carbocycles. The van der Waals surface area contributed by atoms with E-state index in [4.69, 9.17) is 9.47 Å². The van der Waals surface area contributed by atoms with Crippen LogP contribution in [-0.4, -0.2) is 42.9 Å². The van der Waals surface area contributed by atoms with Gasteiger partial charge in [0.25, 0.3) is 0 Å². The Kier molecular flexibility index (Phi) is 9.34. The normalized spacial score (nSPS) is 13.6. The number of unbranched alkanes of at least 4 members (excludes halogenated alkanes) is 1. The topological polar surface area (TPSA) is 59.5 Å². The predicted octanol–water partition coefficient (Wildman–Crippen LogP) is 6.45. The van der Waals surface area contributed by atoms with E-state index in [-0.39, 0.29) is 5.82 Å². The molecule has 6 nitrogen and oxygen atoms in total. The van der Waals surface area contributed by atoms with Crippen LogP contribution >= 0.6 is 0 Å². The molecule has 3 heterocycles. The minimum Gasteiger partial charge on any atom is -0.478 e. The molecule has 38 heavy (non-hydrogen) atoms. The second kappa shape index (κ2) is 13.1. The second-order valence-corrected chi connectivity index (χ2v) is 9.06. The zero-order valence-corrected chi connectivity index (χ0v) is 22.6. The number of aromatic nitrogens is 2.